The molecule has 1 saturated heterocycles. The maximum Gasteiger partial charge on any atom is 0.247 e. The summed E-state index contributed by atoms with van der Waals surface area (Å²) < 4.78 is 27.0. The number of piperazine rings is 1. The number of aromatic nitrogens is 2. The van der Waals surface area contributed by atoms with Crippen molar-refractivity contribution in [3.63, 3.8) is 0 Å². The molecule has 0 radical (unpaired) electrons. The number of hydrogen-bond donors (Lipinski definition) is 2. The molecule has 1 amide bonds. The summed E-state index contributed by atoms with van der Waals surface area (Å²) in [4.78, 5) is 22.6. The molecule has 174 valence electrons. The third-order valence-corrected chi connectivity index (χ3v) is 8.12. The number of nitrogens with zero attached hydrogens (tertiary/aromatic N) is 4. The van der Waals surface area contributed by atoms with Gasteiger partial charge in [0, 0.05) is 44.1 Å². The Balaban J connectivity index is 1.63. The summed E-state index contributed by atoms with van der Waals surface area (Å²) in [6.45, 7) is 4.84. The van der Waals surface area contributed by atoms with E-state index in [1.165, 1.54) is 4.31 Å². The minimum Gasteiger partial charge on any atom is -0.338 e. The van der Waals surface area contributed by atoms with Gasteiger partial charge in [0.2, 0.25) is 21.9 Å². The summed E-state index contributed by atoms with van der Waals surface area (Å²) in [5.74, 6) is -1.62. The smallest absolute Gasteiger partial charge is 0.247 e. The van der Waals surface area contributed by atoms with Crippen LogP contribution in [-0.2, 0) is 14.8 Å². The van der Waals surface area contributed by atoms with Gasteiger partial charge in [-0.15, -0.1) is 0 Å². The Kier molecular flexibility index (Phi) is 7.94. The van der Waals surface area contributed by atoms with Crippen LogP contribution < -0.4 is 10.4 Å². The van der Waals surface area contributed by atoms with Crippen LogP contribution in [0.5, 0.6) is 0 Å². The van der Waals surface area contributed by atoms with E-state index in [-0.39, 0.29) is 24.8 Å². The van der Waals surface area contributed by atoms with Crippen molar-refractivity contribution in [2.75, 3.05) is 36.8 Å². The maximum absolute atomic E-state index is 12.8. The molecular formula is C20H25Cl2N5O4S. The maximum atomic E-state index is 12.8. The number of rotatable bonds is 7. The van der Waals surface area contributed by atoms with Gasteiger partial charge in [-0.25, -0.2) is 23.9 Å². The molecule has 2 heterocycles. The number of anilines is 1. The molecule has 1 aromatic heterocycles. The summed E-state index contributed by atoms with van der Waals surface area (Å²) in [6.07, 6.45) is 3.37. The predicted octanol–water partition coefficient (Wildman–Crippen LogP) is 2.68. The lowest BCUT2D eigenvalue weighted by Gasteiger charge is -2.34. The van der Waals surface area contributed by atoms with Gasteiger partial charge in [0.1, 0.15) is 0 Å². The second kappa shape index (κ2) is 10.3. The van der Waals surface area contributed by atoms with Crippen molar-refractivity contribution in [2.24, 2.45) is 11.8 Å². The summed E-state index contributed by atoms with van der Waals surface area (Å²) in [5.41, 5.74) is 3.19. The average molecular weight is 502 g/mol. The SMILES string of the molecule is CC(C)[C@@H](CS(=O)(=O)N1CCN(c2ncc(-c3ccc(Cl)c(Cl)c3)cn2)CC1)C(=O)NO. The molecule has 1 aliphatic heterocycles. The van der Waals surface area contributed by atoms with Gasteiger partial charge in [-0.1, -0.05) is 43.1 Å². The molecule has 1 atom stereocenters. The number of hydrogen-bond acceptors (Lipinski definition) is 7. The van der Waals surface area contributed by atoms with Gasteiger partial charge in [0.25, 0.3) is 0 Å². The molecule has 0 saturated carbocycles. The van der Waals surface area contributed by atoms with Crippen LogP contribution in [0.4, 0.5) is 5.95 Å². The number of nitrogens with one attached hydrogen (secondary N) is 1. The zero-order chi connectivity index (χ0) is 23.5. The van der Waals surface area contributed by atoms with Crippen molar-refractivity contribution in [3.8, 4) is 11.1 Å². The van der Waals surface area contributed by atoms with Gasteiger partial charge < -0.3 is 4.90 Å². The average Bonchev–Trinajstić information content (AvgIpc) is 2.79. The number of sulfonamides is 1. The Morgan fingerprint density at radius 3 is 2.25 bits per heavy atom. The van der Waals surface area contributed by atoms with E-state index in [9.17, 15) is 13.2 Å². The highest BCUT2D eigenvalue weighted by molar-refractivity contribution is 7.89. The molecule has 2 aromatic rings. The highest BCUT2D eigenvalue weighted by Crippen LogP contribution is 2.28. The first-order valence-corrected chi connectivity index (χ1v) is 12.4. The van der Waals surface area contributed by atoms with Crippen LogP contribution >= 0.6 is 23.2 Å². The first kappa shape index (κ1) is 24.7. The van der Waals surface area contributed by atoms with Crippen molar-refractivity contribution in [2.45, 2.75) is 13.8 Å². The van der Waals surface area contributed by atoms with Gasteiger partial charge in [0.05, 0.1) is 21.7 Å². The quantitative estimate of drug-likeness (QED) is 0.442. The number of benzene rings is 1. The molecule has 1 aliphatic rings. The first-order chi connectivity index (χ1) is 15.1. The van der Waals surface area contributed by atoms with Crippen LogP contribution in [0.15, 0.2) is 30.6 Å². The van der Waals surface area contributed by atoms with Crippen LogP contribution in [0.1, 0.15) is 13.8 Å². The Morgan fingerprint density at radius 2 is 1.72 bits per heavy atom. The highest BCUT2D eigenvalue weighted by atomic mass is 35.5. The van der Waals surface area contributed by atoms with Crippen LogP contribution in [0.25, 0.3) is 11.1 Å². The molecule has 1 fully saturated rings. The number of carbonyl (C=O) groups excluding carboxylic acids is 1. The zero-order valence-electron chi connectivity index (χ0n) is 17.7. The summed E-state index contributed by atoms with van der Waals surface area (Å²) in [6, 6.07) is 5.28. The predicted molar refractivity (Wildman–Crippen MR) is 123 cm³/mol. The number of carbonyl (C=O) groups is 1. The molecular weight excluding hydrogens is 477 g/mol. The zero-order valence-corrected chi connectivity index (χ0v) is 20.0. The van der Waals surface area contributed by atoms with Crippen LogP contribution in [-0.4, -0.2) is 65.7 Å². The first-order valence-electron chi connectivity index (χ1n) is 10.1. The van der Waals surface area contributed by atoms with E-state index >= 15 is 0 Å². The topological polar surface area (TPSA) is 116 Å². The Morgan fingerprint density at radius 1 is 1.09 bits per heavy atom. The fraction of sp³-hybridized carbons (Fsp3) is 0.450. The fourth-order valence-corrected chi connectivity index (χ4v) is 5.68. The van der Waals surface area contributed by atoms with Gasteiger partial charge in [-0.05, 0) is 23.6 Å². The molecule has 2 N–H and O–H groups in total. The van der Waals surface area contributed by atoms with Crippen LogP contribution in [0, 0.1) is 11.8 Å². The Bertz CT molecular complexity index is 1060. The van der Waals surface area contributed by atoms with Crippen molar-refractivity contribution in [1.29, 1.82) is 0 Å². The molecule has 0 bridgehead atoms. The lowest BCUT2D eigenvalue weighted by atomic mass is 9.97. The molecule has 9 nitrogen and oxygen atoms in total. The summed E-state index contributed by atoms with van der Waals surface area (Å²) in [5, 5.41) is 9.81. The van der Waals surface area contributed by atoms with Crippen LogP contribution in [0.3, 0.4) is 0 Å². The van der Waals surface area contributed by atoms with Gasteiger partial charge in [-0.2, -0.15) is 4.31 Å². The van der Waals surface area contributed by atoms with Crippen molar-refractivity contribution < 1.29 is 18.4 Å². The van der Waals surface area contributed by atoms with Crippen molar-refractivity contribution in [1.82, 2.24) is 19.8 Å². The van der Waals surface area contributed by atoms with E-state index < -0.39 is 21.8 Å². The number of hydroxylamine groups is 1. The molecule has 32 heavy (non-hydrogen) atoms. The van der Waals surface area contributed by atoms with E-state index in [4.69, 9.17) is 28.4 Å². The monoisotopic (exact) mass is 501 g/mol. The lowest BCUT2D eigenvalue weighted by Crippen LogP contribution is -2.51. The Hall–Kier alpha value is -1.98. The third kappa shape index (κ3) is 5.68. The van der Waals surface area contributed by atoms with E-state index in [1.807, 2.05) is 11.0 Å². The molecule has 1 aromatic carbocycles. The van der Waals surface area contributed by atoms with E-state index in [0.717, 1.165) is 11.1 Å². The lowest BCUT2D eigenvalue weighted by molar-refractivity contribution is -0.134. The largest absolute Gasteiger partial charge is 0.338 e. The summed E-state index contributed by atoms with van der Waals surface area (Å²) >= 11 is 12.0. The minimum absolute atomic E-state index is 0.236. The minimum atomic E-state index is -3.67. The van der Waals surface area contributed by atoms with Crippen molar-refractivity contribution in [3.05, 3.63) is 40.6 Å². The molecule has 0 aliphatic carbocycles. The fourth-order valence-electron chi connectivity index (χ4n) is 3.46. The highest BCUT2D eigenvalue weighted by Gasteiger charge is 2.34. The number of halogens is 2. The Labute approximate surface area is 197 Å². The summed E-state index contributed by atoms with van der Waals surface area (Å²) in [7, 11) is -3.67. The van der Waals surface area contributed by atoms with Crippen LogP contribution in [0.2, 0.25) is 10.0 Å². The molecule has 0 unspecified atom stereocenters. The van der Waals surface area contributed by atoms with Crippen molar-refractivity contribution >= 4 is 45.1 Å². The van der Waals surface area contributed by atoms with E-state index in [0.29, 0.717) is 29.1 Å². The standard InChI is InChI=1S/C20H25Cl2N5O4S/c1-13(2)16(19(28)25-29)12-32(30,31)27-7-5-26(6-8-27)20-23-10-15(11-24-20)14-3-4-17(21)18(22)9-14/h3-4,9-11,13,16,29H,5-8,12H2,1-2H3,(H,25,28)/t16-/m1/s1. The second-order valence-corrected chi connectivity index (χ2v) is 10.7. The third-order valence-electron chi connectivity index (χ3n) is 5.45. The molecule has 0 spiro atoms. The second-order valence-electron chi connectivity index (χ2n) is 7.89. The number of amides is 1. The van der Waals surface area contributed by atoms with E-state index in [2.05, 4.69) is 9.97 Å². The van der Waals surface area contributed by atoms with Gasteiger partial charge in [-0.3, -0.25) is 10.0 Å². The molecule has 3 rings (SSSR count). The normalized spacial score (nSPS) is 16.2. The van der Waals surface area contributed by atoms with E-state index in [1.54, 1.807) is 43.9 Å². The molecule has 12 heteroatoms. The van der Waals surface area contributed by atoms with Gasteiger partial charge >= 0.3 is 0 Å². The van der Waals surface area contributed by atoms with Gasteiger partial charge in [0.15, 0.2) is 0 Å².